The number of hydrogen-bond donors (Lipinski definition) is 0. The van der Waals surface area contributed by atoms with Gasteiger partial charge in [0, 0.05) is 19.8 Å². The largest absolute Gasteiger partial charge is 0.381 e. The van der Waals surface area contributed by atoms with Crippen molar-refractivity contribution in [2.24, 2.45) is 0 Å². The van der Waals surface area contributed by atoms with Gasteiger partial charge >= 0.3 is 0 Å². The van der Waals surface area contributed by atoms with Crippen molar-refractivity contribution < 1.29 is 9.47 Å². The van der Waals surface area contributed by atoms with E-state index < -0.39 is 8.07 Å². The molecular weight excluding hydrogens is 396 g/mol. The molecule has 154 valence electrons. The van der Waals surface area contributed by atoms with Crippen LogP contribution in [0.1, 0.15) is 0 Å². The lowest BCUT2D eigenvalue weighted by molar-refractivity contribution is 0.220. The number of hydrogen-bond acceptors (Lipinski definition) is 2. The van der Waals surface area contributed by atoms with Crippen molar-refractivity contribution in [3.8, 4) is 23.3 Å². The van der Waals surface area contributed by atoms with Crippen molar-refractivity contribution in [1.29, 1.82) is 0 Å². The molecule has 0 atom stereocenters. The van der Waals surface area contributed by atoms with E-state index in [-0.39, 0.29) is 0 Å². The third-order valence-corrected chi connectivity index (χ3v) is 9.05. The molecule has 0 N–H and O–H groups in total. The topological polar surface area (TPSA) is 18.5 Å². The lowest BCUT2D eigenvalue weighted by atomic mass is 10.2. The van der Waals surface area contributed by atoms with Gasteiger partial charge in [-0.1, -0.05) is 96.9 Å². The minimum atomic E-state index is -2.58. The van der Waals surface area contributed by atoms with Gasteiger partial charge in [0.25, 0.3) is 0 Å². The van der Waals surface area contributed by atoms with Gasteiger partial charge in [-0.2, -0.15) is 0 Å². The molecule has 2 nitrogen and oxygen atoms in total. The van der Waals surface area contributed by atoms with E-state index in [1.807, 2.05) is 24.3 Å². The second kappa shape index (κ2) is 11.7. The van der Waals surface area contributed by atoms with Crippen molar-refractivity contribution in [1.82, 2.24) is 0 Å². The zero-order valence-corrected chi connectivity index (χ0v) is 19.0. The number of benzene rings is 3. The van der Waals surface area contributed by atoms with E-state index in [9.17, 15) is 0 Å². The third kappa shape index (κ3) is 5.63. The van der Waals surface area contributed by atoms with E-state index >= 15 is 0 Å². The predicted octanol–water partition coefficient (Wildman–Crippen LogP) is 2.92. The average Bonchev–Trinajstić information content (AvgIpc) is 2.84. The van der Waals surface area contributed by atoms with Crippen LogP contribution in [0, 0.1) is 23.3 Å². The number of rotatable bonds is 7. The van der Waals surface area contributed by atoms with E-state index in [1.165, 1.54) is 15.6 Å². The molecule has 0 unspecified atom stereocenters. The van der Waals surface area contributed by atoms with Gasteiger partial charge in [-0.25, -0.2) is 0 Å². The van der Waals surface area contributed by atoms with E-state index in [0.29, 0.717) is 13.2 Å². The van der Waals surface area contributed by atoms with Crippen LogP contribution in [0.4, 0.5) is 0 Å². The molecule has 0 aromatic heterocycles. The first-order chi connectivity index (χ1) is 15.3. The highest BCUT2D eigenvalue weighted by atomic mass is 28.3. The van der Waals surface area contributed by atoms with Gasteiger partial charge in [-0.3, -0.25) is 0 Å². The summed E-state index contributed by atoms with van der Waals surface area (Å²) in [5, 5.41) is 3.73. The highest BCUT2D eigenvalue weighted by Gasteiger charge is 2.38. The zero-order valence-electron chi connectivity index (χ0n) is 18.0. The van der Waals surface area contributed by atoms with Crippen LogP contribution in [0.2, 0.25) is 0 Å². The van der Waals surface area contributed by atoms with E-state index in [1.54, 1.807) is 14.2 Å². The molecule has 0 saturated heterocycles. The minimum Gasteiger partial charge on any atom is -0.381 e. The highest BCUT2D eigenvalue weighted by Crippen LogP contribution is 2.07. The molecule has 3 aromatic carbocycles. The van der Waals surface area contributed by atoms with Crippen LogP contribution in [0.3, 0.4) is 0 Å². The summed E-state index contributed by atoms with van der Waals surface area (Å²) < 4.78 is 10.4. The van der Waals surface area contributed by atoms with Crippen molar-refractivity contribution in [3.05, 3.63) is 103 Å². The van der Waals surface area contributed by atoms with Gasteiger partial charge in [0.1, 0.15) is 0 Å². The summed E-state index contributed by atoms with van der Waals surface area (Å²) in [7, 11) is 0.741. The molecule has 0 aliphatic carbocycles. The Morgan fingerprint density at radius 3 is 1.61 bits per heavy atom. The normalized spacial score (nSPS) is 11.1. The molecule has 0 bridgehead atoms. The molecule has 0 heterocycles. The molecule has 3 rings (SSSR count). The van der Waals surface area contributed by atoms with Crippen LogP contribution < -0.4 is 15.6 Å². The summed E-state index contributed by atoms with van der Waals surface area (Å²) in [6.45, 7) is 0.939. The van der Waals surface area contributed by atoms with Gasteiger partial charge in [0.05, 0.1) is 13.2 Å². The monoisotopic (exact) mass is 422 g/mol. The molecule has 0 radical (unpaired) electrons. The standard InChI is InChI=1S/C28H26O2Si/c1-29-22-21-25(24-30-2)14-12-13-23-31(26-15-6-3-7-16-26,27-17-8-4-9-18-27)28-19-10-5-11-20-28/h3-11,15-21H,22,24H2,1-2H3/b25-21-. The molecule has 0 fully saturated rings. The zero-order chi connectivity index (χ0) is 21.8. The Morgan fingerprint density at radius 2 is 1.19 bits per heavy atom. The van der Waals surface area contributed by atoms with Crippen molar-refractivity contribution >= 4 is 23.6 Å². The van der Waals surface area contributed by atoms with E-state index in [4.69, 9.17) is 9.47 Å². The van der Waals surface area contributed by atoms with Gasteiger partial charge in [-0.15, -0.1) is 5.54 Å². The van der Waals surface area contributed by atoms with Crippen LogP contribution in [0.25, 0.3) is 0 Å². The van der Waals surface area contributed by atoms with Crippen LogP contribution in [0.5, 0.6) is 0 Å². The molecule has 31 heavy (non-hydrogen) atoms. The minimum absolute atomic E-state index is 0.441. The predicted molar refractivity (Wildman–Crippen MR) is 131 cm³/mol. The molecule has 3 heteroatoms. The molecule has 0 saturated carbocycles. The first kappa shape index (κ1) is 22.3. The second-order valence-corrected chi connectivity index (χ2v) is 10.4. The van der Waals surface area contributed by atoms with Gasteiger partial charge in [0.2, 0.25) is 8.07 Å². The Morgan fingerprint density at radius 1 is 0.710 bits per heavy atom. The van der Waals surface area contributed by atoms with Crippen LogP contribution in [-0.2, 0) is 9.47 Å². The smallest absolute Gasteiger partial charge is 0.231 e. The Hall–Kier alpha value is -3.34. The van der Waals surface area contributed by atoms with Crippen LogP contribution in [-0.4, -0.2) is 35.5 Å². The fourth-order valence-corrected chi connectivity index (χ4v) is 7.26. The highest BCUT2D eigenvalue weighted by molar-refractivity contribution is 7.16. The van der Waals surface area contributed by atoms with Gasteiger partial charge in [-0.05, 0) is 33.5 Å². The maximum absolute atomic E-state index is 5.24. The molecule has 0 aliphatic heterocycles. The van der Waals surface area contributed by atoms with Crippen molar-refractivity contribution in [3.63, 3.8) is 0 Å². The average molecular weight is 423 g/mol. The summed E-state index contributed by atoms with van der Waals surface area (Å²) in [5.74, 6) is 9.40. The Balaban J connectivity index is 2.17. The summed E-state index contributed by atoms with van der Waals surface area (Å²) in [6.07, 6.45) is 1.93. The lowest BCUT2D eigenvalue weighted by Gasteiger charge is -2.27. The Kier molecular flexibility index (Phi) is 8.46. The molecule has 3 aromatic rings. The molecule has 0 aliphatic rings. The van der Waals surface area contributed by atoms with Crippen molar-refractivity contribution in [2.75, 3.05) is 27.4 Å². The third-order valence-electron chi connectivity index (χ3n) is 4.95. The lowest BCUT2D eigenvalue weighted by Crippen LogP contribution is -2.66. The molecule has 0 amide bonds. The Labute approximate surface area is 186 Å². The number of methoxy groups -OCH3 is 2. The quantitative estimate of drug-likeness (QED) is 0.331. The fourth-order valence-electron chi connectivity index (χ4n) is 3.50. The maximum Gasteiger partial charge on any atom is 0.231 e. The first-order valence-corrected chi connectivity index (χ1v) is 12.2. The molecule has 0 spiro atoms. The SMILES string of the molecule is COC/C=C(/C#CC#C[Si](c1ccccc1)(c1ccccc1)c1ccccc1)COC. The van der Waals surface area contributed by atoms with E-state index in [0.717, 1.165) is 5.57 Å². The summed E-state index contributed by atoms with van der Waals surface area (Å²) in [4.78, 5) is 0. The first-order valence-electron chi connectivity index (χ1n) is 10.2. The van der Waals surface area contributed by atoms with Crippen LogP contribution >= 0.6 is 0 Å². The summed E-state index contributed by atoms with van der Waals surface area (Å²) in [5.41, 5.74) is 4.52. The van der Waals surface area contributed by atoms with Crippen molar-refractivity contribution in [2.45, 2.75) is 0 Å². The van der Waals surface area contributed by atoms with Gasteiger partial charge in [0.15, 0.2) is 0 Å². The maximum atomic E-state index is 5.24. The summed E-state index contributed by atoms with van der Waals surface area (Å²) in [6, 6.07) is 31.7. The van der Waals surface area contributed by atoms with E-state index in [2.05, 4.69) is 96.1 Å². The second-order valence-electron chi connectivity index (χ2n) is 6.97. The van der Waals surface area contributed by atoms with Crippen LogP contribution in [0.15, 0.2) is 103 Å². The number of ether oxygens (including phenoxy) is 2. The molecular formula is C28H26O2Si. The fraction of sp³-hybridized carbons (Fsp3) is 0.143. The summed E-state index contributed by atoms with van der Waals surface area (Å²) >= 11 is 0. The van der Waals surface area contributed by atoms with Gasteiger partial charge < -0.3 is 9.47 Å². The Bertz CT molecular complexity index is 1000.